The Hall–Kier alpha value is -2.82. The molecule has 4 rings (SSSR count). The van der Waals surface area contributed by atoms with Crippen LogP contribution in [0.3, 0.4) is 0 Å². The smallest absolute Gasteiger partial charge is 0.228 e. The van der Waals surface area contributed by atoms with Crippen LogP contribution in [0.2, 0.25) is 0 Å². The zero-order chi connectivity index (χ0) is 18.8. The van der Waals surface area contributed by atoms with Gasteiger partial charge in [-0.25, -0.2) is 0 Å². The molecule has 1 saturated heterocycles. The molecular formula is C22H25N3O2. The van der Waals surface area contributed by atoms with Crippen molar-refractivity contribution in [3.8, 4) is 0 Å². The Morgan fingerprint density at radius 2 is 1.96 bits per heavy atom. The fraction of sp³-hybridized carbons (Fsp3) is 0.364. The van der Waals surface area contributed by atoms with E-state index in [1.807, 2.05) is 25.1 Å². The van der Waals surface area contributed by atoms with Gasteiger partial charge in [0.15, 0.2) is 0 Å². The number of fused-ring (bicyclic) bond motifs is 1. The molecule has 2 aromatic carbocycles. The van der Waals surface area contributed by atoms with Gasteiger partial charge in [0, 0.05) is 42.8 Å². The first-order valence-electron chi connectivity index (χ1n) is 9.61. The van der Waals surface area contributed by atoms with Gasteiger partial charge in [0.05, 0.1) is 0 Å². The minimum absolute atomic E-state index is 0.0401. The lowest BCUT2D eigenvalue weighted by atomic mass is 9.92. The van der Waals surface area contributed by atoms with Crippen molar-refractivity contribution in [2.75, 3.05) is 16.8 Å². The lowest BCUT2D eigenvalue weighted by molar-refractivity contribution is -0.130. The fourth-order valence-corrected chi connectivity index (χ4v) is 4.12. The Morgan fingerprint density at radius 1 is 1.19 bits per heavy atom. The van der Waals surface area contributed by atoms with Crippen LogP contribution in [-0.2, 0) is 22.6 Å². The molecule has 140 valence electrons. The second-order valence-electron chi connectivity index (χ2n) is 7.55. The molecular weight excluding hydrogens is 338 g/mol. The molecule has 0 spiro atoms. The molecule has 0 radical (unpaired) electrons. The maximum Gasteiger partial charge on any atom is 0.228 e. The minimum atomic E-state index is -0.269. The number of nitrogens with one attached hydrogen (secondary N) is 2. The van der Waals surface area contributed by atoms with Gasteiger partial charge in [-0.3, -0.25) is 9.59 Å². The minimum Gasteiger partial charge on any atom is -0.367 e. The van der Waals surface area contributed by atoms with Gasteiger partial charge in [0.2, 0.25) is 11.8 Å². The van der Waals surface area contributed by atoms with E-state index < -0.39 is 0 Å². The van der Waals surface area contributed by atoms with E-state index in [0.29, 0.717) is 6.42 Å². The van der Waals surface area contributed by atoms with Crippen molar-refractivity contribution in [3.63, 3.8) is 0 Å². The van der Waals surface area contributed by atoms with Gasteiger partial charge >= 0.3 is 0 Å². The van der Waals surface area contributed by atoms with Gasteiger partial charge in [0.25, 0.3) is 0 Å². The van der Waals surface area contributed by atoms with E-state index in [0.717, 1.165) is 30.8 Å². The average molecular weight is 363 g/mol. The Labute approximate surface area is 159 Å². The molecule has 2 aliphatic heterocycles. The summed E-state index contributed by atoms with van der Waals surface area (Å²) >= 11 is 0. The lowest BCUT2D eigenvalue weighted by Crippen LogP contribution is -2.44. The number of benzene rings is 2. The average Bonchev–Trinajstić information content (AvgIpc) is 3.05. The molecule has 1 fully saturated rings. The highest BCUT2D eigenvalue weighted by molar-refractivity contribution is 5.96. The molecule has 27 heavy (non-hydrogen) atoms. The summed E-state index contributed by atoms with van der Waals surface area (Å²) in [5.74, 6) is -0.379. The maximum absolute atomic E-state index is 12.7. The number of hydrogen-bond donors (Lipinski definition) is 2. The van der Waals surface area contributed by atoms with Crippen molar-refractivity contribution in [2.24, 2.45) is 5.92 Å². The normalized spacial score (nSPS) is 21.5. The van der Waals surface area contributed by atoms with Crippen LogP contribution in [-0.4, -0.2) is 24.4 Å². The van der Waals surface area contributed by atoms with Crippen molar-refractivity contribution in [3.05, 3.63) is 59.7 Å². The molecule has 0 bridgehead atoms. The molecule has 0 unspecified atom stereocenters. The fourth-order valence-electron chi connectivity index (χ4n) is 4.12. The molecule has 0 aromatic heterocycles. The number of anilines is 2. The van der Waals surface area contributed by atoms with Crippen LogP contribution in [0.5, 0.6) is 0 Å². The number of rotatable bonds is 4. The summed E-state index contributed by atoms with van der Waals surface area (Å²) in [4.78, 5) is 26.9. The Morgan fingerprint density at radius 3 is 2.81 bits per heavy atom. The zero-order valence-electron chi connectivity index (χ0n) is 15.6. The van der Waals surface area contributed by atoms with E-state index >= 15 is 0 Å². The number of piperidine rings is 1. The lowest BCUT2D eigenvalue weighted by Gasteiger charge is -2.27. The van der Waals surface area contributed by atoms with Crippen molar-refractivity contribution in [1.29, 1.82) is 0 Å². The van der Waals surface area contributed by atoms with E-state index in [2.05, 4.69) is 45.9 Å². The molecule has 2 heterocycles. The van der Waals surface area contributed by atoms with Gasteiger partial charge in [-0.2, -0.15) is 0 Å². The number of nitrogens with zero attached hydrogens (tertiary/aromatic N) is 1. The molecule has 2 aromatic rings. The standard InChI is InChI=1S/C22H25N3O2/c1-15-12-18(13-21(26)23-15)22(27)24-19-8-4-2-7-17(19)14-25-11-10-16-6-3-5-9-20(16)25/h2-9,15,18H,10-14H2,1H3,(H,23,26)(H,24,27)/t15-,18-/m1/s1. The van der Waals surface area contributed by atoms with E-state index in [1.165, 1.54) is 11.3 Å². The van der Waals surface area contributed by atoms with Gasteiger partial charge in [-0.05, 0) is 43.0 Å². The van der Waals surface area contributed by atoms with Crippen molar-refractivity contribution < 1.29 is 9.59 Å². The highest BCUT2D eigenvalue weighted by Gasteiger charge is 2.29. The second-order valence-corrected chi connectivity index (χ2v) is 7.55. The van der Waals surface area contributed by atoms with E-state index in [9.17, 15) is 9.59 Å². The highest BCUT2D eigenvalue weighted by atomic mass is 16.2. The molecule has 2 N–H and O–H groups in total. The number of para-hydroxylation sites is 2. The maximum atomic E-state index is 12.7. The van der Waals surface area contributed by atoms with Crippen molar-refractivity contribution in [2.45, 2.75) is 38.8 Å². The Balaban J connectivity index is 1.49. The first kappa shape index (κ1) is 17.6. The van der Waals surface area contributed by atoms with Gasteiger partial charge in [-0.15, -0.1) is 0 Å². The van der Waals surface area contributed by atoms with Crippen LogP contribution in [0.4, 0.5) is 11.4 Å². The number of amides is 2. The monoisotopic (exact) mass is 363 g/mol. The first-order chi connectivity index (χ1) is 13.1. The third-order valence-electron chi connectivity index (χ3n) is 5.47. The first-order valence-corrected chi connectivity index (χ1v) is 9.61. The van der Waals surface area contributed by atoms with Crippen LogP contribution in [0.25, 0.3) is 0 Å². The summed E-state index contributed by atoms with van der Waals surface area (Å²) in [6.45, 7) is 3.69. The predicted octanol–water partition coefficient (Wildman–Crippen LogP) is 3.10. The van der Waals surface area contributed by atoms with Crippen molar-refractivity contribution in [1.82, 2.24) is 5.32 Å². The third kappa shape index (κ3) is 3.82. The zero-order valence-corrected chi connectivity index (χ0v) is 15.6. The molecule has 0 saturated carbocycles. The molecule has 5 heteroatoms. The summed E-state index contributed by atoms with van der Waals surface area (Å²) < 4.78 is 0. The summed E-state index contributed by atoms with van der Waals surface area (Å²) in [7, 11) is 0. The van der Waals surface area contributed by atoms with Crippen molar-refractivity contribution >= 4 is 23.2 Å². The largest absolute Gasteiger partial charge is 0.367 e. The topological polar surface area (TPSA) is 61.4 Å². The van der Waals surface area contributed by atoms with Crippen LogP contribution >= 0.6 is 0 Å². The molecule has 2 atom stereocenters. The molecule has 0 aliphatic carbocycles. The van der Waals surface area contributed by atoms with Crippen LogP contribution in [0.15, 0.2) is 48.5 Å². The highest BCUT2D eigenvalue weighted by Crippen LogP contribution is 2.30. The summed E-state index contributed by atoms with van der Waals surface area (Å²) in [6.07, 6.45) is 2.00. The van der Waals surface area contributed by atoms with Gasteiger partial charge < -0.3 is 15.5 Å². The molecule has 5 nitrogen and oxygen atoms in total. The molecule has 2 amide bonds. The Kier molecular flexibility index (Phi) is 4.84. The van der Waals surface area contributed by atoms with Gasteiger partial charge in [-0.1, -0.05) is 36.4 Å². The number of carbonyl (C=O) groups is 2. The summed E-state index contributed by atoms with van der Waals surface area (Å²) in [5, 5.41) is 5.95. The number of carbonyl (C=O) groups excluding carboxylic acids is 2. The van der Waals surface area contributed by atoms with E-state index in [4.69, 9.17) is 0 Å². The predicted molar refractivity (Wildman–Crippen MR) is 107 cm³/mol. The Bertz CT molecular complexity index is 864. The SMILES string of the molecule is C[C@@H]1C[C@@H](C(=O)Nc2ccccc2CN2CCc3ccccc32)CC(=O)N1. The van der Waals surface area contributed by atoms with E-state index in [1.54, 1.807) is 0 Å². The van der Waals surface area contributed by atoms with Crippen LogP contribution < -0.4 is 15.5 Å². The number of hydrogen-bond acceptors (Lipinski definition) is 3. The summed E-state index contributed by atoms with van der Waals surface area (Å²) in [5.41, 5.74) is 4.58. The quantitative estimate of drug-likeness (QED) is 0.877. The molecule has 2 aliphatic rings. The van der Waals surface area contributed by atoms with Crippen LogP contribution in [0, 0.1) is 5.92 Å². The van der Waals surface area contributed by atoms with Crippen LogP contribution in [0.1, 0.15) is 30.9 Å². The third-order valence-corrected chi connectivity index (χ3v) is 5.47. The summed E-state index contributed by atoms with van der Waals surface area (Å²) in [6, 6.07) is 16.5. The van der Waals surface area contributed by atoms with E-state index in [-0.39, 0.29) is 30.2 Å². The second kappa shape index (κ2) is 7.43. The van der Waals surface area contributed by atoms with Gasteiger partial charge in [0.1, 0.15) is 0 Å².